The Labute approximate surface area is 148 Å². The van der Waals surface area contributed by atoms with Crippen LogP contribution in [0.5, 0.6) is 0 Å². The molecule has 0 saturated heterocycles. The summed E-state index contributed by atoms with van der Waals surface area (Å²) in [5, 5.41) is 8.36. The summed E-state index contributed by atoms with van der Waals surface area (Å²) in [6, 6.07) is 5.73. The standard InChI is InChI=1S/C15H10BrFN6O2/c1-22-14-11(12(16)20-22)15(24)23(7-18-14)6-10-19-13(21-25-10)8-2-4-9(17)5-3-8/h2-5,7H,6H2,1H3. The van der Waals surface area contributed by atoms with Crippen LogP contribution in [0.1, 0.15) is 5.89 Å². The first-order valence-electron chi connectivity index (χ1n) is 7.19. The van der Waals surface area contributed by atoms with Crippen LogP contribution in [0.15, 0.2) is 44.5 Å². The Morgan fingerprint density at radius 1 is 1.28 bits per heavy atom. The van der Waals surface area contributed by atoms with Gasteiger partial charge in [0.25, 0.3) is 5.56 Å². The van der Waals surface area contributed by atoms with Gasteiger partial charge in [-0.05, 0) is 40.2 Å². The maximum Gasteiger partial charge on any atom is 0.266 e. The molecule has 10 heteroatoms. The normalized spacial score (nSPS) is 11.3. The monoisotopic (exact) mass is 404 g/mol. The Bertz CT molecular complexity index is 1130. The van der Waals surface area contributed by atoms with Crippen LogP contribution in [0, 0.1) is 5.82 Å². The van der Waals surface area contributed by atoms with Gasteiger partial charge in [-0.3, -0.25) is 9.36 Å². The van der Waals surface area contributed by atoms with E-state index in [1.165, 1.54) is 27.7 Å². The van der Waals surface area contributed by atoms with Crippen molar-refractivity contribution in [1.29, 1.82) is 0 Å². The lowest BCUT2D eigenvalue weighted by molar-refractivity contribution is 0.369. The maximum atomic E-state index is 13.0. The topological polar surface area (TPSA) is 91.6 Å². The average molecular weight is 405 g/mol. The minimum Gasteiger partial charge on any atom is -0.337 e. The van der Waals surface area contributed by atoms with E-state index in [1.54, 1.807) is 19.2 Å². The minimum atomic E-state index is -0.347. The van der Waals surface area contributed by atoms with Crippen molar-refractivity contribution in [1.82, 2.24) is 29.5 Å². The molecule has 0 fully saturated rings. The first-order chi connectivity index (χ1) is 12.0. The minimum absolute atomic E-state index is 0.0668. The first-order valence-corrected chi connectivity index (χ1v) is 7.98. The van der Waals surface area contributed by atoms with Crippen molar-refractivity contribution < 1.29 is 8.91 Å². The molecule has 3 aromatic heterocycles. The smallest absolute Gasteiger partial charge is 0.266 e. The van der Waals surface area contributed by atoms with Gasteiger partial charge in [0, 0.05) is 12.6 Å². The van der Waals surface area contributed by atoms with Crippen LogP contribution in [0.4, 0.5) is 4.39 Å². The van der Waals surface area contributed by atoms with Gasteiger partial charge >= 0.3 is 0 Å². The molecule has 0 aliphatic rings. The van der Waals surface area contributed by atoms with Gasteiger partial charge in [-0.15, -0.1) is 0 Å². The van der Waals surface area contributed by atoms with E-state index in [4.69, 9.17) is 4.52 Å². The third kappa shape index (κ3) is 2.74. The Hall–Kier alpha value is -2.88. The van der Waals surface area contributed by atoms with E-state index in [9.17, 15) is 9.18 Å². The SMILES string of the molecule is Cn1nc(Br)c2c(=O)n(Cc3nc(-c4ccc(F)cc4)no3)cnc21. The van der Waals surface area contributed by atoms with Crippen molar-refractivity contribution in [3.8, 4) is 11.4 Å². The van der Waals surface area contributed by atoms with Crippen LogP contribution in [0.2, 0.25) is 0 Å². The fraction of sp³-hybridized carbons (Fsp3) is 0.133. The molecule has 0 spiro atoms. The summed E-state index contributed by atoms with van der Waals surface area (Å²) < 4.78 is 21.5. The van der Waals surface area contributed by atoms with Gasteiger partial charge in [0.1, 0.15) is 28.7 Å². The van der Waals surface area contributed by atoms with Gasteiger partial charge in [-0.2, -0.15) is 10.1 Å². The van der Waals surface area contributed by atoms with Crippen LogP contribution in [0.25, 0.3) is 22.4 Å². The number of benzene rings is 1. The van der Waals surface area contributed by atoms with Gasteiger partial charge < -0.3 is 4.52 Å². The molecule has 4 aromatic rings. The second-order valence-corrected chi connectivity index (χ2v) is 6.06. The average Bonchev–Trinajstić information content (AvgIpc) is 3.16. The molecule has 0 saturated carbocycles. The molecule has 0 aliphatic carbocycles. The van der Waals surface area contributed by atoms with Crippen molar-refractivity contribution in [2.45, 2.75) is 6.54 Å². The molecule has 0 atom stereocenters. The molecular formula is C15H10BrFN6O2. The lowest BCUT2D eigenvalue weighted by atomic mass is 10.2. The van der Waals surface area contributed by atoms with E-state index >= 15 is 0 Å². The van der Waals surface area contributed by atoms with Crippen molar-refractivity contribution >= 4 is 27.0 Å². The van der Waals surface area contributed by atoms with Crippen LogP contribution in [-0.4, -0.2) is 29.5 Å². The summed E-state index contributed by atoms with van der Waals surface area (Å²) in [6.07, 6.45) is 1.40. The summed E-state index contributed by atoms with van der Waals surface area (Å²) in [4.78, 5) is 21.1. The number of nitrogens with zero attached hydrogens (tertiary/aromatic N) is 6. The second-order valence-electron chi connectivity index (χ2n) is 5.31. The second kappa shape index (κ2) is 5.88. The van der Waals surface area contributed by atoms with Gasteiger partial charge in [0.15, 0.2) is 5.65 Å². The van der Waals surface area contributed by atoms with Crippen LogP contribution in [0.3, 0.4) is 0 Å². The summed E-state index contributed by atoms with van der Waals surface area (Å²) in [5.41, 5.74) is 0.824. The van der Waals surface area contributed by atoms with E-state index in [1.807, 2.05) is 0 Å². The number of halogens is 2. The van der Waals surface area contributed by atoms with E-state index in [0.29, 0.717) is 27.0 Å². The lowest BCUT2D eigenvalue weighted by Gasteiger charge is -2.01. The Morgan fingerprint density at radius 3 is 2.80 bits per heavy atom. The Balaban J connectivity index is 1.68. The molecule has 0 radical (unpaired) electrons. The number of rotatable bonds is 3. The van der Waals surface area contributed by atoms with Crippen LogP contribution in [-0.2, 0) is 13.6 Å². The predicted molar refractivity (Wildman–Crippen MR) is 89.3 cm³/mol. The number of aromatic nitrogens is 6. The van der Waals surface area contributed by atoms with Crippen molar-refractivity contribution in [3.05, 3.63) is 57.3 Å². The first kappa shape index (κ1) is 15.6. The van der Waals surface area contributed by atoms with Gasteiger partial charge in [-0.1, -0.05) is 5.16 Å². The van der Waals surface area contributed by atoms with E-state index in [0.717, 1.165) is 0 Å². The summed E-state index contributed by atoms with van der Waals surface area (Å²) in [7, 11) is 1.71. The number of aryl methyl sites for hydroxylation is 1. The van der Waals surface area contributed by atoms with E-state index in [-0.39, 0.29) is 23.8 Å². The molecule has 126 valence electrons. The molecule has 0 amide bonds. The quantitative estimate of drug-likeness (QED) is 0.519. The molecule has 0 bridgehead atoms. The largest absolute Gasteiger partial charge is 0.337 e. The highest BCUT2D eigenvalue weighted by molar-refractivity contribution is 9.10. The molecule has 0 N–H and O–H groups in total. The highest BCUT2D eigenvalue weighted by Crippen LogP contribution is 2.18. The highest BCUT2D eigenvalue weighted by Gasteiger charge is 2.15. The van der Waals surface area contributed by atoms with Gasteiger partial charge in [0.2, 0.25) is 11.7 Å². The van der Waals surface area contributed by atoms with Gasteiger partial charge in [-0.25, -0.2) is 14.1 Å². The predicted octanol–water partition coefficient (Wildman–Crippen LogP) is 2.13. The third-order valence-electron chi connectivity index (χ3n) is 3.64. The van der Waals surface area contributed by atoms with Gasteiger partial charge in [0.05, 0.1) is 0 Å². The molecule has 0 unspecified atom stereocenters. The molecule has 3 heterocycles. The van der Waals surface area contributed by atoms with Crippen molar-refractivity contribution in [2.24, 2.45) is 7.05 Å². The lowest BCUT2D eigenvalue weighted by Crippen LogP contribution is -2.21. The zero-order valence-electron chi connectivity index (χ0n) is 12.8. The Morgan fingerprint density at radius 2 is 2.04 bits per heavy atom. The zero-order chi connectivity index (χ0) is 17.6. The Kier molecular flexibility index (Phi) is 3.68. The number of fused-ring (bicyclic) bond motifs is 1. The van der Waals surface area contributed by atoms with Crippen LogP contribution < -0.4 is 5.56 Å². The maximum absolute atomic E-state index is 13.0. The number of hydrogen-bond acceptors (Lipinski definition) is 6. The summed E-state index contributed by atoms with van der Waals surface area (Å²) >= 11 is 3.26. The summed E-state index contributed by atoms with van der Waals surface area (Å²) in [6.45, 7) is 0.0668. The molecule has 0 aliphatic heterocycles. The molecule has 25 heavy (non-hydrogen) atoms. The molecular weight excluding hydrogens is 395 g/mol. The molecule has 8 nitrogen and oxygen atoms in total. The van der Waals surface area contributed by atoms with Crippen molar-refractivity contribution in [2.75, 3.05) is 0 Å². The molecule has 1 aromatic carbocycles. The highest BCUT2D eigenvalue weighted by atomic mass is 79.9. The molecule has 4 rings (SSSR count). The zero-order valence-corrected chi connectivity index (χ0v) is 14.4. The fourth-order valence-corrected chi connectivity index (χ4v) is 3.01. The number of hydrogen-bond donors (Lipinski definition) is 0. The van der Waals surface area contributed by atoms with E-state index in [2.05, 4.69) is 36.2 Å². The van der Waals surface area contributed by atoms with Crippen LogP contribution >= 0.6 is 15.9 Å². The van der Waals surface area contributed by atoms with E-state index < -0.39 is 0 Å². The van der Waals surface area contributed by atoms with Crippen molar-refractivity contribution in [3.63, 3.8) is 0 Å². The summed E-state index contributed by atoms with van der Waals surface area (Å²) in [5.74, 6) is 0.211. The third-order valence-corrected chi connectivity index (χ3v) is 4.20. The fourth-order valence-electron chi connectivity index (χ4n) is 2.43.